The Morgan fingerprint density at radius 3 is 2.76 bits per heavy atom. The van der Waals surface area contributed by atoms with Crippen LogP contribution in [0.5, 0.6) is 0 Å². The third-order valence-electron chi connectivity index (χ3n) is 2.86. The molecule has 0 spiro atoms. The number of hydrogen-bond acceptors (Lipinski definition) is 5. The molecule has 0 aliphatic rings. The monoisotopic (exact) mass is 312 g/mol. The highest BCUT2D eigenvalue weighted by Gasteiger charge is 2.20. The lowest BCUT2D eigenvalue weighted by Gasteiger charge is -2.09. The van der Waals surface area contributed by atoms with E-state index < -0.39 is 10.0 Å². The van der Waals surface area contributed by atoms with Gasteiger partial charge in [-0.25, -0.2) is 13.1 Å². The second-order valence-corrected chi connectivity index (χ2v) is 6.77. The number of sulfonamides is 1. The van der Waals surface area contributed by atoms with Crippen molar-refractivity contribution in [3.63, 3.8) is 0 Å². The molecule has 0 aromatic carbocycles. The highest BCUT2D eigenvalue weighted by Crippen LogP contribution is 2.12. The maximum Gasteiger partial charge on any atom is 0.258 e. The number of H-pyrrole nitrogens is 1. The third-order valence-corrected chi connectivity index (χ3v) is 4.28. The molecule has 0 fully saturated rings. The molecule has 21 heavy (non-hydrogen) atoms. The van der Waals surface area contributed by atoms with Gasteiger partial charge in [0.15, 0.2) is 5.03 Å². The molecule has 0 radical (unpaired) electrons. The van der Waals surface area contributed by atoms with Gasteiger partial charge in [-0.1, -0.05) is 13.8 Å². The van der Waals surface area contributed by atoms with Crippen molar-refractivity contribution in [2.75, 3.05) is 0 Å². The molecule has 2 aromatic heterocycles. The fourth-order valence-corrected chi connectivity index (χ4v) is 2.90. The zero-order chi connectivity index (χ0) is 15.5. The Labute approximate surface area is 124 Å². The molecule has 0 saturated carbocycles. The second-order valence-electron chi connectivity index (χ2n) is 5.07. The largest absolute Gasteiger partial charge is 0.310 e. The highest BCUT2D eigenvalue weighted by molar-refractivity contribution is 7.89. The van der Waals surface area contributed by atoms with E-state index in [1.807, 2.05) is 13.8 Å². The van der Waals surface area contributed by atoms with Gasteiger partial charge in [-0.15, -0.1) is 0 Å². The van der Waals surface area contributed by atoms with Gasteiger partial charge >= 0.3 is 0 Å². The van der Waals surface area contributed by atoms with E-state index in [-0.39, 0.29) is 17.6 Å². The summed E-state index contributed by atoms with van der Waals surface area (Å²) in [6.45, 7) is 4.56. The molecule has 0 aliphatic heterocycles. The molecule has 2 aromatic rings. The van der Waals surface area contributed by atoms with Crippen LogP contribution in [0.25, 0.3) is 0 Å². The number of aromatic nitrogens is 4. The SMILES string of the molecule is CC(C)NCc1cn[nH]c1S(=O)(=O)NCc1ccn(C)n1. The molecule has 0 saturated heterocycles. The van der Waals surface area contributed by atoms with Gasteiger partial charge in [0.2, 0.25) is 0 Å². The maximum absolute atomic E-state index is 12.3. The molecule has 9 heteroatoms. The summed E-state index contributed by atoms with van der Waals surface area (Å²) in [6, 6.07) is 2.02. The summed E-state index contributed by atoms with van der Waals surface area (Å²) in [7, 11) is -1.86. The minimum atomic E-state index is -3.64. The zero-order valence-electron chi connectivity index (χ0n) is 12.3. The van der Waals surface area contributed by atoms with Crippen LogP contribution in [-0.2, 0) is 30.2 Å². The van der Waals surface area contributed by atoms with Crippen LogP contribution in [-0.4, -0.2) is 34.4 Å². The van der Waals surface area contributed by atoms with Gasteiger partial charge in [-0.2, -0.15) is 10.2 Å². The van der Waals surface area contributed by atoms with Crippen molar-refractivity contribution in [2.45, 2.75) is 38.0 Å². The molecule has 2 heterocycles. The molecule has 0 bridgehead atoms. The Hall–Kier alpha value is -1.71. The minimum Gasteiger partial charge on any atom is -0.310 e. The summed E-state index contributed by atoms with van der Waals surface area (Å²) in [5.74, 6) is 0. The number of aromatic amines is 1. The van der Waals surface area contributed by atoms with E-state index in [9.17, 15) is 8.42 Å². The molecule has 116 valence electrons. The Bertz CT molecular complexity index is 688. The van der Waals surface area contributed by atoms with Crippen molar-refractivity contribution >= 4 is 10.0 Å². The molecule has 2 rings (SSSR count). The summed E-state index contributed by atoms with van der Waals surface area (Å²) in [5.41, 5.74) is 1.26. The fraction of sp³-hybridized carbons (Fsp3) is 0.500. The van der Waals surface area contributed by atoms with E-state index in [2.05, 4.69) is 25.3 Å². The van der Waals surface area contributed by atoms with Crippen LogP contribution in [0.1, 0.15) is 25.1 Å². The van der Waals surface area contributed by atoms with Crippen LogP contribution in [0.4, 0.5) is 0 Å². The van der Waals surface area contributed by atoms with E-state index in [4.69, 9.17) is 0 Å². The Kier molecular flexibility index (Phi) is 4.76. The van der Waals surface area contributed by atoms with Crippen LogP contribution in [0.2, 0.25) is 0 Å². The van der Waals surface area contributed by atoms with Crippen LogP contribution in [0.3, 0.4) is 0 Å². The van der Waals surface area contributed by atoms with E-state index in [1.165, 1.54) is 6.20 Å². The van der Waals surface area contributed by atoms with Crippen molar-refractivity contribution in [1.29, 1.82) is 0 Å². The molecule has 0 atom stereocenters. The quantitative estimate of drug-likeness (QED) is 0.673. The first-order valence-corrected chi connectivity index (χ1v) is 8.10. The van der Waals surface area contributed by atoms with Gasteiger partial charge in [-0.05, 0) is 6.07 Å². The van der Waals surface area contributed by atoms with Gasteiger partial charge in [0.1, 0.15) is 0 Å². The first-order valence-electron chi connectivity index (χ1n) is 6.62. The topological polar surface area (TPSA) is 105 Å². The lowest BCUT2D eigenvalue weighted by molar-refractivity contribution is 0.563. The molecule has 3 N–H and O–H groups in total. The summed E-state index contributed by atoms with van der Waals surface area (Å²) >= 11 is 0. The van der Waals surface area contributed by atoms with Crippen molar-refractivity contribution < 1.29 is 8.42 Å². The van der Waals surface area contributed by atoms with E-state index in [0.29, 0.717) is 17.8 Å². The van der Waals surface area contributed by atoms with Gasteiger partial charge in [0, 0.05) is 31.4 Å². The predicted molar refractivity (Wildman–Crippen MR) is 77.8 cm³/mol. The van der Waals surface area contributed by atoms with E-state index in [1.54, 1.807) is 24.0 Å². The van der Waals surface area contributed by atoms with Gasteiger partial charge in [0.05, 0.1) is 18.4 Å². The standard InChI is InChI=1S/C12H20N6O2S/c1-9(2)13-6-10-7-14-16-12(10)21(19,20)15-8-11-4-5-18(3)17-11/h4-5,7,9,13,15H,6,8H2,1-3H3,(H,14,16). The average Bonchev–Trinajstić information content (AvgIpc) is 3.03. The third kappa shape index (κ3) is 4.13. The average molecular weight is 312 g/mol. The van der Waals surface area contributed by atoms with Gasteiger partial charge in [-0.3, -0.25) is 9.78 Å². The van der Waals surface area contributed by atoms with Crippen molar-refractivity contribution in [3.8, 4) is 0 Å². The van der Waals surface area contributed by atoms with Crippen LogP contribution in [0, 0.1) is 0 Å². The van der Waals surface area contributed by atoms with Crippen LogP contribution >= 0.6 is 0 Å². The highest BCUT2D eigenvalue weighted by atomic mass is 32.2. The smallest absolute Gasteiger partial charge is 0.258 e. The molecule has 0 aliphatic carbocycles. The van der Waals surface area contributed by atoms with Crippen molar-refractivity contribution in [2.24, 2.45) is 7.05 Å². The zero-order valence-corrected chi connectivity index (χ0v) is 13.1. The van der Waals surface area contributed by atoms with Crippen LogP contribution < -0.4 is 10.0 Å². The lowest BCUT2D eigenvalue weighted by atomic mass is 10.3. The van der Waals surface area contributed by atoms with E-state index in [0.717, 1.165) is 0 Å². The molecule has 0 amide bonds. The molecular formula is C12H20N6O2S. The van der Waals surface area contributed by atoms with E-state index >= 15 is 0 Å². The Morgan fingerprint density at radius 2 is 2.14 bits per heavy atom. The Morgan fingerprint density at radius 1 is 1.38 bits per heavy atom. The predicted octanol–water partition coefficient (Wildman–Crippen LogP) is 0.120. The first kappa shape index (κ1) is 15.7. The first-order chi connectivity index (χ1) is 9.88. The lowest BCUT2D eigenvalue weighted by Crippen LogP contribution is -2.27. The minimum absolute atomic E-state index is 0.0894. The number of rotatable bonds is 7. The number of hydrogen-bond donors (Lipinski definition) is 3. The fourth-order valence-electron chi connectivity index (χ4n) is 1.77. The Balaban J connectivity index is 2.07. The summed E-state index contributed by atoms with van der Waals surface area (Å²) < 4.78 is 28.7. The molecular weight excluding hydrogens is 292 g/mol. The number of nitrogens with one attached hydrogen (secondary N) is 3. The molecule has 8 nitrogen and oxygen atoms in total. The van der Waals surface area contributed by atoms with Gasteiger partial charge in [0.25, 0.3) is 10.0 Å². The maximum atomic E-state index is 12.3. The summed E-state index contributed by atoms with van der Waals surface area (Å²) in [4.78, 5) is 0. The normalized spacial score (nSPS) is 12.2. The van der Waals surface area contributed by atoms with Crippen molar-refractivity contribution in [1.82, 2.24) is 30.0 Å². The summed E-state index contributed by atoms with van der Waals surface area (Å²) in [5, 5.41) is 13.8. The molecule has 0 unspecified atom stereocenters. The summed E-state index contributed by atoms with van der Waals surface area (Å²) in [6.07, 6.45) is 3.28. The number of aryl methyl sites for hydroxylation is 1. The second kappa shape index (κ2) is 6.37. The number of nitrogens with zero attached hydrogens (tertiary/aromatic N) is 3. The van der Waals surface area contributed by atoms with Crippen LogP contribution in [0.15, 0.2) is 23.5 Å². The van der Waals surface area contributed by atoms with Crippen molar-refractivity contribution in [3.05, 3.63) is 29.7 Å². The van der Waals surface area contributed by atoms with Gasteiger partial charge < -0.3 is 5.32 Å².